The van der Waals surface area contributed by atoms with Gasteiger partial charge in [-0.25, -0.2) is 4.98 Å². The maximum absolute atomic E-state index is 10.3. The fourth-order valence-corrected chi connectivity index (χ4v) is 2.41. The monoisotopic (exact) mass is 194 g/mol. The van der Waals surface area contributed by atoms with Gasteiger partial charge in [0.25, 0.3) is 0 Å². The van der Waals surface area contributed by atoms with Crippen LogP contribution in [0.25, 0.3) is 0 Å². The molecule has 3 heteroatoms. The third-order valence-electron chi connectivity index (χ3n) is 3.51. The minimum absolute atomic E-state index is 0.0408. The molecule has 1 aliphatic rings. The summed E-state index contributed by atoms with van der Waals surface area (Å²) in [6.07, 6.45) is 7.91. The number of aromatic nitrogens is 2. The van der Waals surface area contributed by atoms with Crippen molar-refractivity contribution in [3.8, 4) is 0 Å². The number of aryl methyl sites for hydroxylation is 1. The Morgan fingerprint density at radius 1 is 1.50 bits per heavy atom. The van der Waals surface area contributed by atoms with Crippen molar-refractivity contribution in [2.45, 2.75) is 38.7 Å². The lowest BCUT2D eigenvalue weighted by Gasteiger charge is -2.29. The highest BCUT2D eigenvalue weighted by Gasteiger charge is 2.38. The van der Waals surface area contributed by atoms with E-state index in [-0.39, 0.29) is 5.41 Å². The van der Waals surface area contributed by atoms with Crippen molar-refractivity contribution in [3.05, 3.63) is 18.2 Å². The van der Waals surface area contributed by atoms with Gasteiger partial charge in [-0.15, -0.1) is 0 Å². The fraction of sp³-hybridized carbons (Fsp3) is 0.727. The third kappa shape index (κ3) is 1.46. The lowest BCUT2D eigenvalue weighted by Crippen LogP contribution is -2.24. The summed E-state index contributed by atoms with van der Waals surface area (Å²) in [6.45, 7) is 2.17. The lowest BCUT2D eigenvalue weighted by molar-refractivity contribution is 0.0315. The molecule has 1 aromatic rings. The number of hydrogen-bond acceptors (Lipinski definition) is 2. The van der Waals surface area contributed by atoms with E-state index in [9.17, 15) is 5.11 Å². The van der Waals surface area contributed by atoms with Gasteiger partial charge >= 0.3 is 0 Å². The predicted molar refractivity (Wildman–Crippen MR) is 54.7 cm³/mol. The summed E-state index contributed by atoms with van der Waals surface area (Å²) in [6, 6.07) is 0. The molecule has 1 heterocycles. The van der Waals surface area contributed by atoms with E-state index in [1.165, 1.54) is 12.8 Å². The highest BCUT2D eigenvalue weighted by atomic mass is 16.3. The van der Waals surface area contributed by atoms with E-state index in [0.717, 1.165) is 18.7 Å². The zero-order valence-corrected chi connectivity index (χ0v) is 8.90. The van der Waals surface area contributed by atoms with E-state index >= 15 is 0 Å². The molecule has 1 atom stereocenters. The maximum Gasteiger partial charge on any atom is 0.137 e. The van der Waals surface area contributed by atoms with E-state index in [1.54, 1.807) is 6.20 Å². The summed E-state index contributed by atoms with van der Waals surface area (Å²) in [5.74, 6) is 0.800. The molecule has 0 aromatic carbocycles. The van der Waals surface area contributed by atoms with Crippen LogP contribution in [0.3, 0.4) is 0 Å². The van der Waals surface area contributed by atoms with Crippen molar-refractivity contribution < 1.29 is 5.11 Å². The lowest BCUT2D eigenvalue weighted by atomic mass is 9.82. The van der Waals surface area contributed by atoms with Gasteiger partial charge in [-0.2, -0.15) is 0 Å². The van der Waals surface area contributed by atoms with Gasteiger partial charge in [0, 0.05) is 24.9 Å². The van der Waals surface area contributed by atoms with Crippen molar-refractivity contribution in [1.82, 2.24) is 9.55 Å². The second-order valence-corrected chi connectivity index (χ2v) is 4.66. The fourth-order valence-electron chi connectivity index (χ4n) is 2.41. The molecule has 1 saturated carbocycles. The van der Waals surface area contributed by atoms with Crippen molar-refractivity contribution >= 4 is 0 Å². The molecule has 0 bridgehead atoms. The summed E-state index contributed by atoms with van der Waals surface area (Å²) in [5.41, 5.74) is 0.0408. The number of rotatable bonds is 2. The molecule has 1 unspecified atom stereocenters. The SMILES string of the molecule is Cn1ccnc1C(O)C1(C)CCCC1. The molecule has 0 amide bonds. The zero-order chi connectivity index (χ0) is 10.2. The maximum atomic E-state index is 10.3. The summed E-state index contributed by atoms with van der Waals surface area (Å²) < 4.78 is 1.91. The van der Waals surface area contributed by atoms with Crippen LogP contribution in [0.5, 0.6) is 0 Å². The molecule has 0 spiro atoms. The number of hydrogen-bond donors (Lipinski definition) is 1. The smallest absolute Gasteiger partial charge is 0.137 e. The first kappa shape index (κ1) is 9.71. The standard InChI is InChI=1S/C11H18N2O/c1-11(5-3-4-6-11)9(14)10-12-7-8-13(10)2/h7-9,14H,3-6H2,1-2H3. The summed E-state index contributed by atoms with van der Waals surface area (Å²) in [4.78, 5) is 4.22. The van der Waals surface area contributed by atoms with Crippen LogP contribution in [0.2, 0.25) is 0 Å². The van der Waals surface area contributed by atoms with Crippen LogP contribution >= 0.6 is 0 Å². The number of imidazole rings is 1. The average molecular weight is 194 g/mol. The minimum Gasteiger partial charge on any atom is -0.385 e. The second-order valence-electron chi connectivity index (χ2n) is 4.66. The molecule has 1 N–H and O–H groups in total. The summed E-state index contributed by atoms with van der Waals surface area (Å²) in [7, 11) is 1.93. The molecule has 78 valence electrons. The molecule has 0 radical (unpaired) electrons. The Morgan fingerprint density at radius 2 is 2.14 bits per heavy atom. The zero-order valence-electron chi connectivity index (χ0n) is 8.90. The molecule has 1 aromatic heterocycles. The van der Waals surface area contributed by atoms with Gasteiger partial charge in [-0.3, -0.25) is 0 Å². The Balaban J connectivity index is 2.23. The van der Waals surface area contributed by atoms with Crippen molar-refractivity contribution in [3.63, 3.8) is 0 Å². The molecule has 1 aliphatic carbocycles. The van der Waals surface area contributed by atoms with Crippen molar-refractivity contribution in [2.24, 2.45) is 12.5 Å². The van der Waals surface area contributed by atoms with E-state index in [4.69, 9.17) is 0 Å². The summed E-state index contributed by atoms with van der Waals surface area (Å²) >= 11 is 0. The molecule has 14 heavy (non-hydrogen) atoms. The second kappa shape index (κ2) is 3.39. The Kier molecular flexibility index (Phi) is 2.35. The van der Waals surface area contributed by atoms with Gasteiger partial charge in [0.2, 0.25) is 0 Å². The van der Waals surface area contributed by atoms with Crippen LogP contribution in [-0.2, 0) is 7.05 Å². The Bertz CT molecular complexity index is 313. The normalized spacial score (nSPS) is 22.5. The molecule has 0 aliphatic heterocycles. The first-order chi connectivity index (χ1) is 6.63. The van der Waals surface area contributed by atoms with E-state index in [0.29, 0.717) is 0 Å². The Morgan fingerprint density at radius 3 is 2.64 bits per heavy atom. The van der Waals surface area contributed by atoms with Gasteiger partial charge in [-0.05, 0) is 12.8 Å². The molecule has 0 saturated heterocycles. The van der Waals surface area contributed by atoms with E-state index < -0.39 is 6.10 Å². The first-order valence-electron chi connectivity index (χ1n) is 5.29. The average Bonchev–Trinajstić information content (AvgIpc) is 2.74. The van der Waals surface area contributed by atoms with E-state index in [2.05, 4.69) is 11.9 Å². The number of aliphatic hydroxyl groups excluding tert-OH is 1. The molecule has 1 fully saturated rings. The van der Waals surface area contributed by atoms with Gasteiger partial charge in [-0.1, -0.05) is 19.8 Å². The number of nitrogens with zero attached hydrogens (tertiary/aromatic N) is 2. The minimum atomic E-state index is -0.412. The van der Waals surface area contributed by atoms with Gasteiger partial charge < -0.3 is 9.67 Å². The number of aliphatic hydroxyl groups is 1. The molecular weight excluding hydrogens is 176 g/mol. The van der Waals surface area contributed by atoms with Crippen LogP contribution < -0.4 is 0 Å². The molecular formula is C11H18N2O. The highest BCUT2D eigenvalue weighted by Crippen LogP contribution is 2.46. The predicted octanol–water partition coefficient (Wildman–Crippen LogP) is 2.03. The topological polar surface area (TPSA) is 38.0 Å². The van der Waals surface area contributed by atoms with Crippen LogP contribution in [0.15, 0.2) is 12.4 Å². The van der Waals surface area contributed by atoms with Crippen LogP contribution in [-0.4, -0.2) is 14.7 Å². The Labute approximate surface area is 84.8 Å². The molecule has 2 rings (SSSR count). The quantitative estimate of drug-likeness (QED) is 0.782. The summed E-state index contributed by atoms with van der Waals surface area (Å²) in [5, 5.41) is 10.3. The largest absolute Gasteiger partial charge is 0.385 e. The van der Waals surface area contributed by atoms with Crippen LogP contribution in [0.1, 0.15) is 44.5 Å². The molecule has 3 nitrogen and oxygen atoms in total. The van der Waals surface area contributed by atoms with Gasteiger partial charge in [0.1, 0.15) is 11.9 Å². The third-order valence-corrected chi connectivity index (χ3v) is 3.51. The van der Waals surface area contributed by atoms with Crippen LogP contribution in [0.4, 0.5) is 0 Å². The van der Waals surface area contributed by atoms with E-state index in [1.807, 2.05) is 17.8 Å². The van der Waals surface area contributed by atoms with Crippen LogP contribution in [0, 0.1) is 5.41 Å². The van der Waals surface area contributed by atoms with Gasteiger partial charge in [0.15, 0.2) is 0 Å². The first-order valence-corrected chi connectivity index (χ1v) is 5.29. The highest BCUT2D eigenvalue weighted by molar-refractivity contribution is 5.02. The Hall–Kier alpha value is -0.830. The van der Waals surface area contributed by atoms with Gasteiger partial charge in [0.05, 0.1) is 0 Å². The van der Waals surface area contributed by atoms with Crippen molar-refractivity contribution in [1.29, 1.82) is 0 Å². The van der Waals surface area contributed by atoms with Crippen molar-refractivity contribution in [2.75, 3.05) is 0 Å².